The molecule has 10 nitrogen and oxygen atoms in total. The van der Waals surface area contributed by atoms with Gasteiger partial charge in [-0.05, 0) is 18.2 Å². The zero-order valence-electron chi connectivity index (χ0n) is 16.9. The van der Waals surface area contributed by atoms with Crippen LogP contribution in [0.25, 0.3) is 22.0 Å². The zero-order valence-corrected chi connectivity index (χ0v) is 16.9. The number of fused-ring (bicyclic) bond motifs is 1. The Kier molecular flexibility index (Phi) is 5.47. The summed E-state index contributed by atoms with van der Waals surface area (Å²) in [6, 6.07) is 11.4. The lowest BCUT2D eigenvalue weighted by Gasteiger charge is -2.12. The Labute approximate surface area is 181 Å². The molecule has 1 aromatic heterocycles. The highest BCUT2D eigenvalue weighted by Gasteiger charge is 2.38. The van der Waals surface area contributed by atoms with Crippen molar-refractivity contribution in [1.29, 1.82) is 0 Å². The SMILES string of the molecule is Cn1cc(C2=C(c3cccc(OC[C@H](O)CO)c3[N+](=O)[O-])C(=O)NC2=O)c2ccccc21. The van der Waals surface area contributed by atoms with Crippen molar-refractivity contribution in [2.24, 2.45) is 7.05 Å². The average Bonchev–Trinajstić information content (AvgIpc) is 3.26. The minimum absolute atomic E-state index is 0.0300. The highest BCUT2D eigenvalue weighted by Crippen LogP contribution is 2.41. The average molecular weight is 437 g/mol. The minimum Gasteiger partial charge on any atom is -0.484 e. The molecule has 0 saturated carbocycles. The number of nitro benzene ring substituents is 1. The molecule has 10 heteroatoms. The molecule has 1 aliphatic rings. The summed E-state index contributed by atoms with van der Waals surface area (Å²) in [5.74, 6) is -1.61. The highest BCUT2D eigenvalue weighted by molar-refractivity contribution is 6.50. The van der Waals surface area contributed by atoms with Gasteiger partial charge in [-0.25, -0.2) is 0 Å². The van der Waals surface area contributed by atoms with Crippen molar-refractivity contribution in [3.05, 3.63) is 69.9 Å². The molecule has 0 unspecified atom stereocenters. The molecular weight excluding hydrogens is 418 g/mol. The summed E-state index contributed by atoms with van der Waals surface area (Å²) < 4.78 is 7.13. The lowest BCUT2D eigenvalue weighted by molar-refractivity contribution is -0.386. The first-order chi connectivity index (χ1) is 15.3. The van der Waals surface area contributed by atoms with Crippen LogP contribution in [0.3, 0.4) is 0 Å². The lowest BCUT2D eigenvalue weighted by Crippen LogP contribution is -2.23. The number of aliphatic hydroxyl groups excluding tert-OH is 2. The fraction of sp³-hybridized carbons (Fsp3) is 0.182. The van der Waals surface area contributed by atoms with Crippen molar-refractivity contribution in [2.75, 3.05) is 13.2 Å². The topological polar surface area (TPSA) is 144 Å². The molecule has 0 fully saturated rings. The molecule has 2 amide bonds. The highest BCUT2D eigenvalue weighted by atomic mass is 16.6. The molecule has 2 aromatic carbocycles. The number of benzene rings is 2. The molecule has 1 aliphatic heterocycles. The maximum absolute atomic E-state index is 12.8. The number of ether oxygens (including phenoxy) is 1. The van der Waals surface area contributed by atoms with E-state index in [-0.39, 0.29) is 29.1 Å². The molecular formula is C22H19N3O7. The van der Waals surface area contributed by atoms with Crippen LogP contribution in [0.5, 0.6) is 5.75 Å². The van der Waals surface area contributed by atoms with Crippen LogP contribution in [0.4, 0.5) is 5.69 Å². The number of aliphatic hydroxyl groups is 2. The van der Waals surface area contributed by atoms with Gasteiger partial charge in [0.1, 0.15) is 12.7 Å². The van der Waals surface area contributed by atoms with Crippen LogP contribution < -0.4 is 10.1 Å². The van der Waals surface area contributed by atoms with Crippen LogP contribution in [-0.4, -0.2) is 50.8 Å². The monoisotopic (exact) mass is 437 g/mol. The Bertz CT molecular complexity index is 1290. The number of hydrogen-bond donors (Lipinski definition) is 3. The second-order valence-corrected chi connectivity index (χ2v) is 7.26. The van der Waals surface area contributed by atoms with Crippen molar-refractivity contribution >= 4 is 39.6 Å². The first-order valence-electron chi connectivity index (χ1n) is 9.67. The van der Waals surface area contributed by atoms with E-state index in [1.54, 1.807) is 29.9 Å². The number of carbonyl (C=O) groups excluding carboxylic acids is 2. The van der Waals surface area contributed by atoms with E-state index >= 15 is 0 Å². The van der Waals surface area contributed by atoms with Crippen LogP contribution in [0.1, 0.15) is 11.1 Å². The molecule has 3 aromatic rings. The van der Waals surface area contributed by atoms with E-state index in [2.05, 4.69) is 5.32 Å². The van der Waals surface area contributed by atoms with Gasteiger partial charge < -0.3 is 19.5 Å². The molecule has 0 aliphatic carbocycles. The van der Waals surface area contributed by atoms with Crippen molar-refractivity contribution in [2.45, 2.75) is 6.10 Å². The molecule has 0 spiro atoms. The Morgan fingerprint density at radius 2 is 1.78 bits per heavy atom. The maximum Gasteiger partial charge on any atom is 0.318 e. The van der Waals surface area contributed by atoms with Gasteiger partial charge in [0, 0.05) is 29.7 Å². The second-order valence-electron chi connectivity index (χ2n) is 7.26. The Balaban J connectivity index is 1.95. The second kappa shape index (κ2) is 8.25. The molecule has 3 N–H and O–H groups in total. The predicted molar refractivity (Wildman–Crippen MR) is 115 cm³/mol. The van der Waals surface area contributed by atoms with Gasteiger partial charge in [0.05, 0.1) is 28.2 Å². The summed E-state index contributed by atoms with van der Waals surface area (Å²) >= 11 is 0. The van der Waals surface area contributed by atoms with E-state index in [4.69, 9.17) is 9.84 Å². The minimum atomic E-state index is -1.24. The van der Waals surface area contributed by atoms with Gasteiger partial charge in [0.2, 0.25) is 0 Å². The van der Waals surface area contributed by atoms with Crippen LogP contribution in [-0.2, 0) is 16.6 Å². The third kappa shape index (κ3) is 3.51. The summed E-state index contributed by atoms with van der Waals surface area (Å²) in [4.78, 5) is 36.8. The maximum atomic E-state index is 12.8. The van der Waals surface area contributed by atoms with Crippen LogP contribution in [0.15, 0.2) is 48.7 Å². The fourth-order valence-electron chi connectivity index (χ4n) is 3.78. The largest absolute Gasteiger partial charge is 0.484 e. The number of aryl methyl sites for hydroxylation is 1. The first-order valence-corrected chi connectivity index (χ1v) is 9.67. The Hall–Kier alpha value is -4.02. The smallest absolute Gasteiger partial charge is 0.318 e. The van der Waals surface area contributed by atoms with E-state index in [1.165, 1.54) is 18.2 Å². The number of rotatable bonds is 7. The molecule has 2 heterocycles. The van der Waals surface area contributed by atoms with Crippen LogP contribution in [0, 0.1) is 10.1 Å². The zero-order chi connectivity index (χ0) is 23.0. The Morgan fingerprint density at radius 3 is 2.47 bits per heavy atom. The third-order valence-corrected chi connectivity index (χ3v) is 5.19. The number of amides is 2. The van der Waals surface area contributed by atoms with Crippen molar-refractivity contribution in [3.63, 3.8) is 0 Å². The van der Waals surface area contributed by atoms with Gasteiger partial charge in [-0.3, -0.25) is 25.0 Å². The Morgan fingerprint density at radius 1 is 1.09 bits per heavy atom. The molecule has 164 valence electrons. The molecule has 0 bridgehead atoms. The van der Waals surface area contributed by atoms with E-state index in [1.807, 2.05) is 12.1 Å². The summed E-state index contributed by atoms with van der Waals surface area (Å²) in [6.45, 7) is -0.970. The first kappa shape index (κ1) is 21.2. The van der Waals surface area contributed by atoms with Gasteiger partial charge in [0.15, 0.2) is 5.75 Å². The van der Waals surface area contributed by atoms with E-state index in [0.717, 1.165) is 5.52 Å². The van der Waals surface area contributed by atoms with E-state index in [9.17, 15) is 24.8 Å². The standard InChI is InChI=1S/C22H19N3O7/c1-24-9-15(13-5-2-3-7-16(13)24)19-18(21(28)23-22(19)29)14-6-4-8-17(20(14)25(30)31)32-11-12(27)10-26/h2-9,12,26-27H,10-11H2,1H3,(H,23,28,29)/t12-/m1/s1. The van der Waals surface area contributed by atoms with Crippen molar-refractivity contribution in [1.82, 2.24) is 9.88 Å². The van der Waals surface area contributed by atoms with Gasteiger partial charge in [-0.1, -0.05) is 24.3 Å². The number of nitrogens with zero attached hydrogens (tertiary/aromatic N) is 2. The molecule has 1 atom stereocenters. The summed E-state index contributed by atoms with van der Waals surface area (Å²) in [7, 11) is 1.80. The summed E-state index contributed by atoms with van der Waals surface area (Å²) in [5, 5.41) is 33.4. The quantitative estimate of drug-likeness (QED) is 0.288. The molecule has 0 saturated heterocycles. The van der Waals surface area contributed by atoms with E-state index < -0.39 is 35.1 Å². The van der Waals surface area contributed by atoms with Crippen molar-refractivity contribution in [3.8, 4) is 5.75 Å². The van der Waals surface area contributed by atoms with E-state index in [0.29, 0.717) is 10.9 Å². The number of hydrogen-bond acceptors (Lipinski definition) is 7. The number of nitro groups is 1. The molecule has 4 rings (SSSR count). The number of para-hydroxylation sites is 2. The fourth-order valence-corrected chi connectivity index (χ4v) is 3.78. The van der Waals surface area contributed by atoms with Gasteiger partial charge >= 0.3 is 5.69 Å². The number of nitrogens with one attached hydrogen (secondary N) is 1. The molecule has 0 radical (unpaired) electrons. The normalized spacial score (nSPS) is 14.7. The van der Waals surface area contributed by atoms with Gasteiger partial charge in [0.25, 0.3) is 11.8 Å². The van der Waals surface area contributed by atoms with Gasteiger partial charge in [-0.15, -0.1) is 0 Å². The third-order valence-electron chi connectivity index (χ3n) is 5.19. The molecule has 32 heavy (non-hydrogen) atoms. The van der Waals surface area contributed by atoms with Crippen LogP contribution >= 0.6 is 0 Å². The number of carbonyl (C=O) groups is 2. The predicted octanol–water partition coefficient (Wildman–Crippen LogP) is 1.39. The number of aromatic nitrogens is 1. The van der Waals surface area contributed by atoms with Crippen molar-refractivity contribution < 1.29 is 29.5 Å². The van der Waals surface area contributed by atoms with Gasteiger partial charge in [-0.2, -0.15) is 0 Å². The lowest BCUT2D eigenvalue weighted by atomic mass is 9.94. The number of imide groups is 1. The van der Waals surface area contributed by atoms with Crippen LogP contribution in [0.2, 0.25) is 0 Å². The summed E-state index contributed by atoms with van der Waals surface area (Å²) in [6.07, 6.45) is 0.460. The summed E-state index contributed by atoms with van der Waals surface area (Å²) in [5.41, 5.74) is 0.588.